The molecule has 0 bridgehead atoms. The predicted molar refractivity (Wildman–Crippen MR) is 69.7 cm³/mol. The van der Waals surface area contributed by atoms with Gasteiger partial charge in [-0.1, -0.05) is 0 Å². The van der Waals surface area contributed by atoms with Crippen LogP contribution in [0.25, 0.3) is 0 Å². The highest BCUT2D eigenvalue weighted by Gasteiger charge is 2.10. The van der Waals surface area contributed by atoms with E-state index in [2.05, 4.69) is 0 Å². The molecule has 5 heteroatoms. The van der Waals surface area contributed by atoms with Crippen molar-refractivity contribution in [2.45, 2.75) is 19.6 Å². The molecule has 1 atom stereocenters. The number of benzene rings is 2. The van der Waals surface area contributed by atoms with E-state index in [1.165, 1.54) is 30.3 Å². The Morgan fingerprint density at radius 3 is 2.25 bits per heavy atom. The Labute approximate surface area is 115 Å². The van der Waals surface area contributed by atoms with Crippen LogP contribution in [0, 0.1) is 17.5 Å². The largest absolute Gasteiger partial charge is 0.489 e. The standard InChI is InChI=1S/C15H14F3NO/c1-9(19)14-7-11(16)2-3-15(14)20-8-10-4-12(17)6-13(18)5-10/h2-7,9H,8,19H2,1H3. The van der Waals surface area contributed by atoms with E-state index in [4.69, 9.17) is 10.5 Å². The van der Waals surface area contributed by atoms with Gasteiger partial charge in [0.1, 0.15) is 29.8 Å². The monoisotopic (exact) mass is 281 g/mol. The summed E-state index contributed by atoms with van der Waals surface area (Å²) in [6.45, 7) is 1.67. The van der Waals surface area contributed by atoms with Crippen molar-refractivity contribution in [2.75, 3.05) is 0 Å². The van der Waals surface area contributed by atoms with E-state index in [1.54, 1.807) is 6.92 Å². The van der Waals surface area contributed by atoms with Crippen molar-refractivity contribution in [3.05, 3.63) is 65.0 Å². The van der Waals surface area contributed by atoms with Gasteiger partial charge in [0.15, 0.2) is 0 Å². The molecule has 0 amide bonds. The Morgan fingerprint density at radius 2 is 1.65 bits per heavy atom. The van der Waals surface area contributed by atoms with Gasteiger partial charge >= 0.3 is 0 Å². The van der Waals surface area contributed by atoms with Crippen LogP contribution in [0.3, 0.4) is 0 Å². The van der Waals surface area contributed by atoms with Gasteiger partial charge in [-0.2, -0.15) is 0 Å². The van der Waals surface area contributed by atoms with Crippen LogP contribution in [0.4, 0.5) is 13.2 Å². The zero-order valence-electron chi connectivity index (χ0n) is 10.9. The summed E-state index contributed by atoms with van der Waals surface area (Å²) in [5.74, 6) is -1.36. The second kappa shape index (κ2) is 5.96. The molecule has 2 nitrogen and oxygen atoms in total. The number of halogens is 3. The second-order valence-corrected chi connectivity index (χ2v) is 4.54. The molecule has 0 saturated carbocycles. The summed E-state index contributed by atoms with van der Waals surface area (Å²) in [5.41, 5.74) is 6.59. The lowest BCUT2D eigenvalue weighted by Gasteiger charge is -2.14. The van der Waals surface area contributed by atoms with E-state index in [-0.39, 0.29) is 6.61 Å². The minimum absolute atomic E-state index is 0.0277. The molecular formula is C15H14F3NO. The van der Waals surface area contributed by atoms with Crippen LogP contribution in [-0.4, -0.2) is 0 Å². The second-order valence-electron chi connectivity index (χ2n) is 4.54. The van der Waals surface area contributed by atoms with E-state index in [0.29, 0.717) is 16.9 Å². The van der Waals surface area contributed by atoms with Crippen LogP contribution in [0.5, 0.6) is 5.75 Å². The van der Waals surface area contributed by atoms with Gasteiger partial charge in [-0.25, -0.2) is 13.2 Å². The molecule has 0 aliphatic carbocycles. The van der Waals surface area contributed by atoms with E-state index in [9.17, 15) is 13.2 Å². The first-order valence-corrected chi connectivity index (χ1v) is 6.08. The van der Waals surface area contributed by atoms with E-state index in [1.807, 2.05) is 0 Å². The summed E-state index contributed by atoms with van der Waals surface area (Å²) in [7, 11) is 0. The van der Waals surface area contributed by atoms with Crippen LogP contribution in [0.1, 0.15) is 24.1 Å². The minimum atomic E-state index is -0.671. The zero-order valence-corrected chi connectivity index (χ0v) is 10.9. The van der Waals surface area contributed by atoms with Crippen molar-refractivity contribution in [3.63, 3.8) is 0 Å². The molecule has 1 unspecified atom stereocenters. The highest BCUT2D eigenvalue weighted by atomic mass is 19.1. The molecule has 106 valence electrons. The van der Waals surface area contributed by atoms with Gasteiger partial charge in [0.2, 0.25) is 0 Å². The van der Waals surface area contributed by atoms with Crippen molar-refractivity contribution < 1.29 is 17.9 Å². The lowest BCUT2D eigenvalue weighted by Crippen LogP contribution is -2.08. The Hall–Kier alpha value is -2.01. The average molecular weight is 281 g/mol. The first-order chi connectivity index (χ1) is 9.45. The summed E-state index contributed by atoms with van der Waals surface area (Å²) < 4.78 is 44.7. The number of hydrogen-bond acceptors (Lipinski definition) is 2. The minimum Gasteiger partial charge on any atom is -0.489 e. The Balaban J connectivity index is 2.18. The molecule has 20 heavy (non-hydrogen) atoms. The van der Waals surface area contributed by atoms with Gasteiger partial charge in [0, 0.05) is 17.7 Å². The number of hydrogen-bond donors (Lipinski definition) is 1. The average Bonchev–Trinajstić information content (AvgIpc) is 2.36. The quantitative estimate of drug-likeness (QED) is 0.927. The molecule has 0 fully saturated rings. The maximum atomic E-state index is 13.2. The lowest BCUT2D eigenvalue weighted by atomic mass is 10.1. The van der Waals surface area contributed by atoms with Gasteiger partial charge in [-0.15, -0.1) is 0 Å². The van der Waals surface area contributed by atoms with Crippen LogP contribution < -0.4 is 10.5 Å². The SMILES string of the molecule is CC(N)c1cc(F)ccc1OCc1cc(F)cc(F)c1. The van der Waals surface area contributed by atoms with Gasteiger partial charge < -0.3 is 10.5 Å². The molecule has 0 aromatic heterocycles. The van der Waals surface area contributed by atoms with E-state index >= 15 is 0 Å². The van der Waals surface area contributed by atoms with Crippen LogP contribution in [-0.2, 0) is 6.61 Å². The topological polar surface area (TPSA) is 35.2 Å². The molecule has 2 aromatic carbocycles. The molecule has 2 aromatic rings. The van der Waals surface area contributed by atoms with Crippen LogP contribution in [0.15, 0.2) is 36.4 Å². The van der Waals surface area contributed by atoms with Gasteiger partial charge in [0.25, 0.3) is 0 Å². The van der Waals surface area contributed by atoms with Crippen molar-refractivity contribution in [3.8, 4) is 5.75 Å². The Bertz CT molecular complexity index is 594. The smallest absolute Gasteiger partial charge is 0.126 e. The van der Waals surface area contributed by atoms with Crippen LogP contribution >= 0.6 is 0 Å². The van der Waals surface area contributed by atoms with Crippen molar-refractivity contribution in [1.82, 2.24) is 0 Å². The lowest BCUT2D eigenvalue weighted by molar-refractivity contribution is 0.299. The predicted octanol–water partition coefficient (Wildman–Crippen LogP) is 3.70. The van der Waals surface area contributed by atoms with Gasteiger partial charge in [0.05, 0.1) is 0 Å². The number of ether oxygens (including phenoxy) is 1. The fraction of sp³-hybridized carbons (Fsp3) is 0.200. The van der Waals surface area contributed by atoms with E-state index < -0.39 is 23.5 Å². The third kappa shape index (κ3) is 3.51. The molecule has 2 rings (SSSR count). The maximum Gasteiger partial charge on any atom is 0.126 e. The Morgan fingerprint density at radius 1 is 1.00 bits per heavy atom. The molecule has 0 radical (unpaired) electrons. The fourth-order valence-electron chi connectivity index (χ4n) is 1.86. The molecular weight excluding hydrogens is 267 g/mol. The highest BCUT2D eigenvalue weighted by Crippen LogP contribution is 2.25. The summed E-state index contributed by atoms with van der Waals surface area (Å²) in [6.07, 6.45) is 0. The molecule has 0 aliphatic heterocycles. The van der Waals surface area contributed by atoms with Crippen molar-refractivity contribution >= 4 is 0 Å². The van der Waals surface area contributed by atoms with Crippen molar-refractivity contribution in [1.29, 1.82) is 0 Å². The summed E-state index contributed by atoms with van der Waals surface area (Å²) in [4.78, 5) is 0. The van der Waals surface area contributed by atoms with Crippen LogP contribution in [0.2, 0.25) is 0 Å². The van der Waals surface area contributed by atoms with E-state index in [0.717, 1.165) is 6.07 Å². The summed E-state index contributed by atoms with van der Waals surface area (Å²) in [5, 5.41) is 0. The number of rotatable bonds is 4. The first-order valence-electron chi connectivity index (χ1n) is 6.08. The first kappa shape index (κ1) is 14.4. The molecule has 0 aliphatic rings. The van der Waals surface area contributed by atoms with Crippen molar-refractivity contribution in [2.24, 2.45) is 5.73 Å². The summed E-state index contributed by atoms with van der Waals surface area (Å²) in [6, 6.07) is 6.71. The Kier molecular flexibility index (Phi) is 4.29. The highest BCUT2D eigenvalue weighted by molar-refractivity contribution is 5.36. The normalized spacial score (nSPS) is 12.2. The molecule has 0 spiro atoms. The summed E-state index contributed by atoms with van der Waals surface area (Å²) >= 11 is 0. The third-order valence-corrected chi connectivity index (χ3v) is 2.78. The maximum absolute atomic E-state index is 13.2. The van der Waals surface area contributed by atoms with Gasteiger partial charge in [-0.3, -0.25) is 0 Å². The molecule has 2 N–H and O–H groups in total. The number of nitrogens with two attached hydrogens (primary N) is 1. The molecule has 0 saturated heterocycles. The molecule has 0 heterocycles. The van der Waals surface area contributed by atoms with Gasteiger partial charge in [-0.05, 0) is 42.8 Å². The third-order valence-electron chi connectivity index (χ3n) is 2.78. The fourth-order valence-corrected chi connectivity index (χ4v) is 1.86. The zero-order chi connectivity index (χ0) is 14.7.